The molecule has 4 rings (SSSR count). The van der Waals surface area contributed by atoms with Crippen molar-refractivity contribution in [3.8, 4) is 0 Å². The van der Waals surface area contributed by atoms with Crippen LogP contribution in [0.5, 0.6) is 0 Å². The maximum Gasteiger partial charge on any atom is 0.134 e. The van der Waals surface area contributed by atoms with Crippen LogP contribution in [0.15, 0.2) is 22.6 Å². The summed E-state index contributed by atoms with van der Waals surface area (Å²) < 4.78 is 19.4. The molecule has 2 bridgehead atoms. The summed E-state index contributed by atoms with van der Waals surface area (Å²) in [6.07, 6.45) is 3.43. The first kappa shape index (κ1) is 10.6. The molecule has 2 aliphatic heterocycles. The van der Waals surface area contributed by atoms with Crippen molar-refractivity contribution in [3.05, 3.63) is 35.3 Å². The molecule has 18 heavy (non-hydrogen) atoms. The molecule has 1 aromatic carbocycles. The third-order valence-electron chi connectivity index (χ3n) is 4.34. The minimum Gasteiger partial charge on any atom is -0.460 e. The van der Waals surface area contributed by atoms with E-state index in [4.69, 9.17) is 4.42 Å². The van der Waals surface area contributed by atoms with Crippen molar-refractivity contribution in [1.29, 1.82) is 0 Å². The van der Waals surface area contributed by atoms with Crippen molar-refractivity contribution in [2.75, 3.05) is 19.6 Å². The van der Waals surface area contributed by atoms with Gasteiger partial charge in [-0.2, -0.15) is 0 Å². The standard InChI is InChI=1S/C15H16FNO/c16-11-3-4-14-13(8-11)12-5-7-17-6-1-2-10(9-17)15(12)18-14/h3-4,8,10H,1-2,5-7,9H2. The molecule has 94 valence electrons. The summed E-state index contributed by atoms with van der Waals surface area (Å²) in [5.74, 6) is 1.46. The topological polar surface area (TPSA) is 16.4 Å². The zero-order valence-corrected chi connectivity index (χ0v) is 10.3. The summed E-state index contributed by atoms with van der Waals surface area (Å²) in [4.78, 5) is 2.51. The van der Waals surface area contributed by atoms with E-state index in [1.807, 2.05) is 0 Å². The van der Waals surface area contributed by atoms with E-state index in [-0.39, 0.29) is 5.82 Å². The molecule has 2 aromatic rings. The lowest BCUT2D eigenvalue weighted by molar-refractivity contribution is 0.210. The number of benzene rings is 1. The van der Waals surface area contributed by atoms with E-state index >= 15 is 0 Å². The Kier molecular flexibility index (Phi) is 2.24. The lowest BCUT2D eigenvalue weighted by atomic mass is 9.94. The quantitative estimate of drug-likeness (QED) is 0.708. The molecule has 0 amide bonds. The molecule has 0 aliphatic carbocycles. The second-order valence-electron chi connectivity index (χ2n) is 5.48. The molecular weight excluding hydrogens is 229 g/mol. The number of halogens is 1. The van der Waals surface area contributed by atoms with Gasteiger partial charge >= 0.3 is 0 Å². The average molecular weight is 245 g/mol. The highest BCUT2D eigenvalue weighted by atomic mass is 19.1. The Bertz CT molecular complexity index is 604. The smallest absolute Gasteiger partial charge is 0.134 e. The Morgan fingerprint density at radius 1 is 1.28 bits per heavy atom. The predicted molar refractivity (Wildman–Crippen MR) is 68.3 cm³/mol. The molecule has 0 spiro atoms. The van der Waals surface area contributed by atoms with Gasteiger partial charge in [0, 0.05) is 30.0 Å². The Morgan fingerprint density at radius 3 is 3.17 bits per heavy atom. The van der Waals surface area contributed by atoms with Crippen molar-refractivity contribution in [2.45, 2.75) is 25.2 Å². The summed E-state index contributed by atoms with van der Waals surface area (Å²) >= 11 is 0. The molecule has 2 unspecified atom stereocenters. The first-order valence-electron chi connectivity index (χ1n) is 6.74. The molecule has 0 saturated carbocycles. The van der Waals surface area contributed by atoms with E-state index in [0.717, 1.165) is 36.2 Å². The molecular formula is C15H16FNO. The van der Waals surface area contributed by atoms with Gasteiger partial charge in [0.2, 0.25) is 0 Å². The van der Waals surface area contributed by atoms with Crippen LogP contribution >= 0.6 is 0 Å². The molecule has 1 aromatic heterocycles. The molecule has 0 radical (unpaired) electrons. The number of nitrogens with zero attached hydrogens (tertiary/aromatic N) is 1. The van der Waals surface area contributed by atoms with E-state index in [9.17, 15) is 4.39 Å². The van der Waals surface area contributed by atoms with Crippen LogP contribution in [0.1, 0.15) is 30.1 Å². The third kappa shape index (κ3) is 1.50. The molecule has 2 aliphatic rings. The first-order valence-corrected chi connectivity index (χ1v) is 6.74. The summed E-state index contributed by atoms with van der Waals surface area (Å²) in [5.41, 5.74) is 2.10. The normalized spacial score (nSPS) is 26.9. The van der Waals surface area contributed by atoms with Crippen LogP contribution in [-0.4, -0.2) is 24.5 Å². The van der Waals surface area contributed by atoms with Gasteiger partial charge < -0.3 is 9.32 Å². The first-order chi connectivity index (χ1) is 8.81. The maximum atomic E-state index is 13.4. The van der Waals surface area contributed by atoms with E-state index in [2.05, 4.69) is 4.90 Å². The number of hydrogen-bond acceptors (Lipinski definition) is 2. The number of hydrogen-bond donors (Lipinski definition) is 0. The summed E-state index contributed by atoms with van der Waals surface area (Å²) in [7, 11) is 0. The van der Waals surface area contributed by atoms with Gasteiger partial charge in [-0.25, -0.2) is 4.39 Å². The Balaban J connectivity index is 1.92. The van der Waals surface area contributed by atoms with Gasteiger partial charge in [0.05, 0.1) is 0 Å². The SMILES string of the molecule is Fc1ccc2oc3c(c2c1)CCN1CCCC3C1. The van der Waals surface area contributed by atoms with Crippen LogP contribution in [0, 0.1) is 5.82 Å². The fraction of sp³-hybridized carbons (Fsp3) is 0.467. The molecule has 3 heterocycles. The van der Waals surface area contributed by atoms with Crippen LogP contribution in [0.4, 0.5) is 4.39 Å². The van der Waals surface area contributed by atoms with Gasteiger partial charge in [-0.05, 0) is 44.0 Å². The van der Waals surface area contributed by atoms with Crippen molar-refractivity contribution in [3.63, 3.8) is 0 Å². The molecule has 1 fully saturated rings. The van der Waals surface area contributed by atoms with Crippen LogP contribution in [0.25, 0.3) is 11.0 Å². The fourth-order valence-electron chi connectivity index (χ4n) is 3.47. The molecule has 2 atom stereocenters. The zero-order valence-electron chi connectivity index (χ0n) is 10.3. The van der Waals surface area contributed by atoms with Crippen LogP contribution in [0.3, 0.4) is 0 Å². The number of piperidine rings is 1. The van der Waals surface area contributed by atoms with Crippen LogP contribution in [0.2, 0.25) is 0 Å². The lowest BCUT2D eigenvalue weighted by Gasteiger charge is -2.29. The van der Waals surface area contributed by atoms with Crippen molar-refractivity contribution < 1.29 is 8.81 Å². The van der Waals surface area contributed by atoms with Gasteiger partial charge in [-0.3, -0.25) is 0 Å². The van der Waals surface area contributed by atoms with Crippen LogP contribution in [-0.2, 0) is 6.42 Å². The Hall–Kier alpha value is -1.35. The number of fused-ring (bicyclic) bond motifs is 6. The van der Waals surface area contributed by atoms with Gasteiger partial charge in [0.1, 0.15) is 17.2 Å². The molecule has 2 nitrogen and oxygen atoms in total. The molecule has 3 heteroatoms. The summed E-state index contributed by atoms with van der Waals surface area (Å²) in [6, 6.07) is 4.88. The summed E-state index contributed by atoms with van der Waals surface area (Å²) in [5, 5.41) is 0.985. The zero-order chi connectivity index (χ0) is 12.1. The maximum absolute atomic E-state index is 13.4. The fourth-order valence-corrected chi connectivity index (χ4v) is 3.47. The molecule has 1 saturated heterocycles. The third-order valence-corrected chi connectivity index (χ3v) is 4.34. The van der Waals surface area contributed by atoms with E-state index in [1.165, 1.54) is 31.0 Å². The Labute approximate surface area is 105 Å². The minimum atomic E-state index is -0.168. The highest BCUT2D eigenvalue weighted by molar-refractivity contribution is 5.82. The highest BCUT2D eigenvalue weighted by Crippen LogP contribution is 2.38. The van der Waals surface area contributed by atoms with Gasteiger partial charge in [0.15, 0.2) is 0 Å². The monoisotopic (exact) mass is 245 g/mol. The van der Waals surface area contributed by atoms with Gasteiger partial charge in [-0.1, -0.05) is 0 Å². The largest absolute Gasteiger partial charge is 0.460 e. The number of furan rings is 1. The summed E-state index contributed by atoms with van der Waals surface area (Å²) in [6.45, 7) is 3.39. The Morgan fingerprint density at radius 2 is 2.22 bits per heavy atom. The minimum absolute atomic E-state index is 0.168. The highest BCUT2D eigenvalue weighted by Gasteiger charge is 2.30. The average Bonchev–Trinajstić information content (AvgIpc) is 2.69. The van der Waals surface area contributed by atoms with Crippen molar-refractivity contribution in [1.82, 2.24) is 4.90 Å². The lowest BCUT2D eigenvalue weighted by Crippen LogP contribution is -2.33. The molecule has 0 N–H and O–H groups in total. The van der Waals surface area contributed by atoms with E-state index < -0.39 is 0 Å². The van der Waals surface area contributed by atoms with E-state index in [0.29, 0.717) is 5.92 Å². The van der Waals surface area contributed by atoms with Crippen molar-refractivity contribution in [2.24, 2.45) is 0 Å². The van der Waals surface area contributed by atoms with Gasteiger partial charge in [0.25, 0.3) is 0 Å². The van der Waals surface area contributed by atoms with E-state index in [1.54, 1.807) is 12.1 Å². The second-order valence-corrected chi connectivity index (χ2v) is 5.48. The second kappa shape index (κ2) is 3.82. The predicted octanol–water partition coefficient (Wildman–Crippen LogP) is 3.31. The van der Waals surface area contributed by atoms with Gasteiger partial charge in [-0.15, -0.1) is 0 Å². The van der Waals surface area contributed by atoms with Crippen LogP contribution < -0.4 is 0 Å². The van der Waals surface area contributed by atoms with Crippen molar-refractivity contribution >= 4 is 11.0 Å². The number of rotatable bonds is 0.